The predicted molar refractivity (Wildman–Crippen MR) is 64.1 cm³/mol. The molecule has 3 N–H and O–H groups in total. The quantitative estimate of drug-likeness (QED) is 0.244. The van der Waals surface area contributed by atoms with Crippen LogP contribution in [0.15, 0.2) is 5.16 Å². The van der Waals surface area contributed by atoms with Crippen molar-refractivity contribution >= 4 is 5.84 Å². The van der Waals surface area contributed by atoms with Gasteiger partial charge in [0.2, 0.25) is 0 Å². The smallest absolute Gasteiger partial charge is 0.409 e. The molecule has 0 amide bonds. The van der Waals surface area contributed by atoms with Crippen LogP contribution in [-0.2, 0) is 4.74 Å². The molecule has 1 aliphatic carbocycles. The van der Waals surface area contributed by atoms with E-state index in [-0.39, 0.29) is 25.0 Å². The molecular formula is C11H20F3N3O2. The third-order valence-corrected chi connectivity index (χ3v) is 3.12. The highest BCUT2D eigenvalue weighted by Gasteiger charge is 2.28. The van der Waals surface area contributed by atoms with E-state index in [1.807, 2.05) is 4.90 Å². The van der Waals surface area contributed by atoms with Crippen LogP contribution in [0.1, 0.15) is 25.7 Å². The number of nitrogens with two attached hydrogens (primary N) is 1. The zero-order chi connectivity index (χ0) is 14.3. The van der Waals surface area contributed by atoms with Gasteiger partial charge in [0.15, 0.2) is 5.84 Å². The Hall–Kier alpha value is -1.02. The van der Waals surface area contributed by atoms with Crippen molar-refractivity contribution in [2.45, 2.75) is 37.9 Å². The molecule has 0 spiro atoms. The summed E-state index contributed by atoms with van der Waals surface area (Å²) in [5, 5.41) is 11.5. The number of ether oxygens (including phenoxy) is 1. The first-order chi connectivity index (χ1) is 8.92. The summed E-state index contributed by atoms with van der Waals surface area (Å²) in [4.78, 5) is 1.92. The highest BCUT2D eigenvalue weighted by Crippen LogP contribution is 2.23. The summed E-state index contributed by atoms with van der Waals surface area (Å²) in [6, 6.07) is 0.273. The lowest BCUT2D eigenvalue weighted by Gasteiger charge is -2.28. The van der Waals surface area contributed by atoms with Crippen molar-refractivity contribution in [3.8, 4) is 0 Å². The largest absolute Gasteiger partial charge is 0.411 e. The fourth-order valence-corrected chi connectivity index (χ4v) is 2.27. The van der Waals surface area contributed by atoms with Crippen LogP contribution in [0.3, 0.4) is 0 Å². The molecule has 8 heteroatoms. The van der Waals surface area contributed by atoms with Gasteiger partial charge in [0.1, 0.15) is 6.61 Å². The van der Waals surface area contributed by atoms with E-state index >= 15 is 0 Å². The van der Waals surface area contributed by atoms with Crippen molar-refractivity contribution in [1.29, 1.82) is 0 Å². The molecule has 1 aliphatic rings. The lowest BCUT2D eigenvalue weighted by Crippen LogP contribution is -2.42. The Morgan fingerprint density at radius 2 is 2.00 bits per heavy atom. The summed E-state index contributed by atoms with van der Waals surface area (Å²) in [6.45, 7) is -0.669. The van der Waals surface area contributed by atoms with Gasteiger partial charge in [0.25, 0.3) is 0 Å². The maximum atomic E-state index is 11.9. The first-order valence-corrected chi connectivity index (χ1v) is 6.27. The van der Waals surface area contributed by atoms with E-state index in [0.717, 1.165) is 25.7 Å². The molecule has 0 aliphatic heterocycles. The van der Waals surface area contributed by atoms with Crippen molar-refractivity contribution in [2.75, 3.05) is 26.3 Å². The Labute approximate surface area is 110 Å². The van der Waals surface area contributed by atoms with Gasteiger partial charge in [-0.05, 0) is 12.8 Å². The van der Waals surface area contributed by atoms with Gasteiger partial charge in [0.05, 0.1) is 13.2 Å². The molecule has 0 saturated heterocycles. The lowest BCUT2D eigenvalue weighted by molar-refractivity contribution is -0.174. The molecule has 0 aromatic heterocycles. The van der Waals surface area contributed by atoms with Crippen LogP contribution >= 0.6 is 0 Å². The molecular weight excluding hydrogens is 263 g/mol. The normalized spacial score (nSPS) is 18.4. The van der Waals surface area contributed by atoms with Gasteiger partial charge in [-0.3, -0.25) is 4.90 Å². The highest BCUT2D eigenvalue weighted by atomic mass is 19.4. The second kappa shape index (κ2) is 7.54. The standard InChI is InChI=1S/C11H20F3N3O2/c12-11(13,14)8-19-6-5-17(7-10(15)16-18)9-3-1-2-4-9/h9,18H,1-8H2,(H2,15,16). The molecule has 0 aromatic rings. The predicted octanol–water partition coefficient (Wildman–Crippen LogP) is 1.56. The number of hydrogen-bond donors (Lipinski definition) is 2. The number of hydrogen-bond acceptors (Lipinski definition) is 4. The van der Waals surface area contributed by atoms with E-state index in [2.05, 4.69) is 9.89 Å². The molecule has 0 atom stereocenters. The SMILES string of the molecule is NC(CN(CCOCC(F)(F)F)C1CCCC1)=NO. The van der Waals surface area contributed by atoms with Crippen LogP contribution in [0.25, 0.3) is 0 Å². The third kappa shape index (κ3) is 6.63. The molecule has 1 saturated carbocycles. The van der Waals surface area contributed by atoms with Crippen LogP contribution in [0.5, 0.6) is 0 Å². The monoisotopic (exact) mass is 283 g/mol. The molecule has 0 unspecified atom stereocenters. The lowest BCUT2D eigenvalue weighted by atomic mass is 10.2. The zero-order valence-corrected chi connectivity index (χ0v) is 10.7. The summed E-state index contributed by atoms with van der Waals surface area (Å²) in [5.74, 6) is 0.0581. The van der Waals surface area contributed by atoms with Crippen LogP contribution in [0, 0.1) is 0 Å². The van der Waals surface area contributed by atoms with Gasteiger partial charge in [-0.25, -0.2) is 0 Å². The topological polar surface area (TPSA) is 71.1 Å². The number of halogens is 3. The van der Waals surface area contributed by atoms with Crippen LogP contribution in [-0.4, -0.2) is 54.5 Å². The first-order valence-electron chi connectivity index (χ1n) is 6.27. The maximum absolute atomic E-state index is 11.9. The number of alkyl halides is 3. The first kappa shape index (κ1) is 16.0. The fourth-order valence-electron chi connectivity index (χ4n) is 2.27. The van der Waals surface area contributed by atoms with Crippen molar-refractivity contribution in [2.24, 2.45) is 10.9 Å². The minimum atomic E-state index is -4.30. The zero-order valence-electron chi connectivity index (χ0n) is 10.7. The highest BCUT2D eigenvalue weighted by molar-refractivity contribution is 5.81. The van der Waals surface area contributed by atoms with Gasteiger partial charge in [-0.1, -0.05) is 18.0 Å². The summed E-state index contributed by atoms with van der Waals surface area (Å²) in [5.41, 5.74) is 5.45. The second-order valence-electron chi connectivity index (χ2n) is 4.67. The third-order valence-electron chi connectivity index (χ3n) is 3.12. The Bertz CT molecular complexity index is 291. The Morgan fingerprint density at radius 1 is 1.37 bits per heavy atom. The molecule has 0 aromatic carbocycles. The number of amidine groups is 1. The number of nitrogens with zero attached hydrogens (tertiary/aromatic N) is 2. The molecule has 0 radical (unpaired) electrons. The number of oxime groups is 1. The molecule has 1 rings (SSSR count). The van der Waals surface area contributed by atoms with Gasteiger partial charge < -0.3 is 15.7 Å². The van der Waals surface area contributed by atoms with Gasteiger partial charge >= 0.3 is 6.18 Å². The summed E-state index contributed by atoms with van der Waals surface area (Å²) in [7, 11) is 0. The molecule has 0 bridgehead atoms. The van der Waals surface area contributed by atoms with Crippen LogP contribution in [0.4, 0.5) is 13.2 Å². The second-order valence-corrected chi connectivity index (χ2v) is 4.67. The van der Waals surface area contributed by atoms with Crippen molar-refractivity contribution in [3.05, 3.63) is 0 Å². The van der Waals surface area contributed by atoms with Crippen LogP contribution in [0.2, 0.25) is 0 Å². The summed E-state index contributed by atoms with van der Waals surface area (Å²) >= 11 is 0. The van der Waals surface area contributed by atoms with E-state index in [9.17, 15) is 13.2 Å². The number of rotatable bonds is 7. The van der Waals surface area contributed by atoms with E-state index in [0.29, 0.717) is 6.54 Å². The molecule has 19 heavy (non-hydrogen) atoms. The molecule has 0 heterocycles. The van der Waals surface area contributed by atoms with E-state index in [4.69, 9.17) is 10.9 Å². The van der Waals surface area contributed by atoms with Gasteiger partial charge in [-0.15, -0.1) is 0 Å². The van der Waals surface area contributed by atoms with Crippen molar-refractivity contribution in [3.63, 3.8) is 0 Å². The summed E-state index contributed by atoms with van der Waals surface area (Å²) in [6.07, 6.45) is -0.138. The van der Waals surface area contributed by atoms with Gasteiger partial charge in [-0.2, -0.15) is 13.2 Å². The Balaban J connectivity index is 2.36. The Kier molecular flexibility index (Phi) is 6.36. The van der Waals surface area contributed by atoms with Crippen molar-refractivity contribution < 1.29 is 23.1 Å². The molecule has 112 valence electrons. The minimum absolute atomic E-state index is 0.0191. The van der Waals surface area contributed by atoms with Crippen molar-refractivity contribution in [1.82, 2.24) is 4.90 Å². The van der Waals surface area contributed by atoms with E-state index in [1.54, 1.807) is 0 Å². The van der Waals surface area contributed by atoms with Gasteiger partial charge in [0, 0.05) is 12.6 Å². The summed E-state index contributed by atoms with van der Waals surface area (Å²) < 4.78 is 40.4. The maximum Gasteiger partial charge on any atom is 0.411 e. The van der Waals surface area contributed by atoms with Crippen LogP contribution < -0.4 is 5.73 Å². The average molecular weight is 283 g/mol. The fraction of sp³-hybridized carbons (Fsp3) is 0.909. The molecule has 5 nitrogen and oxygen atoms in total. The van der Waals surface area contributed by atoms with E-state index < -0.39 is 12.8 Å². The average Bonchev–Trinajstić information content (AvgIpc) is 2.85. The minimum Gasteiger partial charge on any atom is -0.409 e. The molecule has 1 fully saturated rings. The van der Waals surface area contributed by atoms with E-state index in [1.165, 1.54) is 0 Å². The Morgan fingerprint density at radius 3 is 2.53 bits per heavy atom.